The van der Waals surface area contributed by atoms with E-state index >= 15 is 0 Å². The molecule has 0 bridgehead atoms. The van der Waals surface area contributed by atoms with Crippen LogP contribution in [0.15, 0.2) is 24.3 Å². The first-order valence-corrected chi connectivity index (χ1v) is 8.16. The number of carbonyl (C=O) groups is 2. The summed E-state index contributed by atoms with van der Waals surface area (Å²) in [5.74, 6) is 1.94. The Morgan fingerprint density at radius 2 is 2.04 bits per heavy atom. The van der Waals surface area contributed by atoms with E-state index in [1.165, 1.54) is 0 Å². The molecule has 3 amide bonds. The first-order chi connectivity index (χ1) is 12.0. The largest absolute Gasteiger partial charge is 0.494 e. The number of urea groups is 1. The van der Waals surface area contributed by atoms with Gasteiger partial charge in [0.25, 0.3) is 0 Å². The van der Waals surface area contributed by atoms with Crippen molar-refractivity contribution < 1.29 is 14.3 Å². The molecule has 25 heavy (non-hydrogen) atoms. The lowest BCUT2D eigenvalue weighted by Crippen LogP contribution is -2.31. The quantitative estimate of drug-likeness (QED) is 0.804. The number of nitrogens with zero attached hydrogens (tertiary/aromatic N) is 4. The van der Waals surface area contributed by atoms with Crippen molar-refractivity contribution in [1.29, 1.82) is 0 Å². The van der Waals surface area contributed by atoms with Gasteiger partial charge in [-0.05, 0) is 18.1 Å². The van der Waals surface area contributed by atoms with Gasteiger partial charge in [-0.1, -0.05) is 26.0 Å². The van der Waals surface area contributed by atoms with Crippen LogP contribution in [0.25, 0.3) is 5.69 Å². The molecular formula is C17H21N5O3. The van der Waals surface area contributed by atoms with Crippen LogP contribution < -0.4 is 10.1 Å². The summed E-state index contributed by atoms with van der Waals surface area (Å²) in [7, 11) is 1.59. The fourth-order valence-corrected chi connectivity index (χ4v) is 2.70. The van der Waals surface area contributed by atoms with Gasteiger partial charge in [-0.15, -0.1) is 0 Å². The minimum Gasteiger partial charge on any atom is -0.494 e. The third-order valence-electron chi connectivity index (χ3n) is 3.86. The van der Waals surface area contributed by atoms with Gasteiger partial charge in [-0.25, -0.2) is 14.5 Å². The zero-order valence-electron chi connectivity index (χ0n) is 14.5. The Morgan fingerprint density at radius 3 is 2.68 bits per heavy atom. The Bertz CT molecular complexity index is 783. The molecule has 1 saturated heterocycles. The number of amides is 3. The number of methoxy groups -OCH3 is 1. The van der Waals surface area contributed by atoms with Crippen molar-refractivity contribution in [2.24, 2.45) is 5.92 Å². The highest BCUT2D eigenvalue weighted by Gasteiger charge is 2.30. The molecule has 0 aliphatic carbocycles. The molecule has 2 aromatic rings. The molecule has 1 fully saturated rings. The highest BCUT2D eigenvalue weighted by atomic mass is 16.5. The number of rotatable bonds is 6. The molecule has 1 aliphatic rings. The first-order valence-electron chi connectivity index (χ1n) is 8.16. The predicted octanol–water partition coefficient (Wildman–Crippen LogP) is 1.53. The Labute approximate surface area is 145 Å². The van der Waals surface area contributed by atoms with Gasteiger partial charge in [-0.2, -0.15) is 5.10 Å². The molecule has 1 aromatic carbocycles. The van der Waals surface area contributed by atoms with Crippen molar-refractivity contribution >= 4 is 11.9 Å². The Kier molecular flexibility index (Phi) is 4.69. The smallest absolute Gasteiger partial charge is 0.325 e. The fraction of sp³-hybridized carbons (Fsp3) is 0.412. The molecule has 1 N–H and O–H groups in total. The van der Waals surface area contributed by atoms with E-state index in [2.05, 4.69) is 29.2 Å². The topological polar surface area (TPSA) is 89.3 Å². The Hall–Kier alpha value is -2.90. The highest BCUT2D eigenvalue weighted by Crippen LogP contribution is 2.24. The Balaban J connectivity index is 2.02. The summed E-state index contributed by atoms with van der Waals surface area (Å²) < 4.78 is 7.06. The van der Waals surface area contributed by atoms with Gasteiger partial charge in [0.05, 0.1) is 20.2 Å². The number of para-hydroxylation sites is 2. The molecule has 8 heteroatoms. The van der Waals surface area contributed by atoms with Gasteiger partial charge < -0.3 is 10.1 Å². The number of ether oxygens (including phenoxy) is 1. The molecule has 1 aliphatic heterocycles. The molecule has 0 atom stereocenters. The number of benzene rings is 1. The highest BCUT2D eigenvalue weighted by molar-refractivity contribution is 6.01. The number of hydrogen-bond acceptors (Lipinski definition) is 5. The van der Waals surface area contributed by atoms with Crippen LogP contribution in [0.3, 0.4) is 0 Å². The predicted molar refractivity (Wildman–Crippen MR) is 90.4 cm³/mol. The average molecular weight is 343 g/mol. The molecule has 3 rings (SSSR count). The lowest BCUT2D eigenvalue weighted by atomic mass is 10.1. The SMILES string of the molecule is COc1ccccc1-n1nc(CC(C)C)nc1CN1C(=O)CNC1=O. The van der Waals surface area contributed by atoms with Crippen LogP contribution in [-0.4, -0.2) is 45.3 Å². The van der Waals surface area contributed by atoms with Crippen molar-refractivity contribution in [1.82, 2.24) is 25.0 Å². The second kappa shape index (κ2) is 6.92. The first kappa shape index (κ1) is 16.9. The summed E-state index contributed by atoms with van der Waals surface area (Å²) in [5, 5.41) is 7.09. The van der Waals surface area contributed by atoms with E-state index in [-0.39, 0.29) is 19.0 Å². The van der Waals surface area contributed by atoms with E-state index < -0.39 is 6.03 Å². The number of aromatic nitrogens is 3. The lowest BCUT2D eigenvalue weighted by molar-refractivity contribution is -0.125. The number of nitrogens with one attached hydrogen (secondary N) is 1. The summed E-state index contributed by atoms with van der Waals surface area (Å²) in [6, 6.07) is 7.02. The average Bonchev–Trinajstić information content (AvgIpc) is 3.12. The van der Waals surface area contributed by atoms with E-state index in [4.69, 9.17) is 4.74 Å². The normalized spacial score (nSPS) is 14.3. The van der Waals surface area contributed by atoms with Gasteiger partial charge in [0.2, 0.25) is 5.91 Å². The summed E-state index contributed by atoms with van der Waals surface area (Å²) in [4.78, 5) is 29.5. The van der Waals surface area contributed by atoms with E-state index in [0.717, 1.165) is 10.6 Å². The minimum absolute atomic E-state index is 0.0144. The van der Waals surface area contributed by atoms with Crippen molar-refractivity contribution in [3.63, 3.8) is 0 Å². The van der Waals surface area contributed by atoms with Crippen LogP contribution in [0.2, 0.25) is 0 Å². The maximum atomic E-state index is 11.9. The summed E-state index contributed by atoms with van der Waals surface area (Å²) >= 11 is 0. The van der Waals surface area contributed by atoms with Gasteiger partial charge in [0.1, 0.15) is 11.4 Å². The summed E-state index contributed by atoms with van der Waals surface area (Å²) in [6.07, 6.45) is 0.704. The second-order valence-electron chi connectivity index (χ2n) is 6.26. The van der Waals surface area contributed by atoms with Gasteiger partial charge in [0.15, 0.2) is 11.6 Å². The van der Waals surface area contributed by atoms with Crippen molar-refractivity contribution in [3.05, 3.63) is 35.9 Å². The fourth-order valence-electron chi connectivity index (χ4n) is 2.70. The van der Waals surface area contributed by atoms with Gasteiger partial charge in [0, 0.05) is 6.42 Å². The molecule has 2 heterocycles. The summed E-state index contributed by atoms with van der Waals surface area (Å²) in [6.45, 7) is 4.25. The second-order valence-corrected chi connectivity index (χ2v) is 6.26. The molecule has 0 saturated carbocycles. The van der Waals surface area contributed by atoms with Crippen molar-refractivity contribution in [2.45, 2.75) is 26.8 Å². The van der Waals surface area contributed by atoms with Crippen molar-refractivity contribution in [3.8, 4) is 11.4 Å². The maximum absolute atomic E-state index is 11.9. The van der Waals surface area contributed by atoms with Crippen LogP contribution in [0.5, 0.6) is 5.75 Å². The summed E-state index contributed by atoms with van der Waals surface area (Å²) in [5.41, 5.74) is 0.717. The van der Waals surface area contributed by atoms with E-state index in [0.29, 0.717) is 29.7 Å². The van der Waals surface area contributed by atoms with Crippen LogP contribution in [0, 0.1) is 5.92 Å². The van der Waals surface area contributed by atoms with Crippen LogP contribution in [0.1, 0.15) is 25.5 Å². The molecular weight excluding hydrogens is 322 g/mol. The molecule has 0 unspecified atom stereocenters. The lowest BCUT2D eigenvalue weighted by Gasteiger charge is -2.14. The maximum Gasteiger partial charge on any atom is 0.325 e. The third kappa shape index (κ3) is 3.47. The molecule has 0 spiro atoms. The van der Waals surface area contributed by atoms with Gasteiger partial charge >= 0.3 is 6.03 Å². The number of imide groups is 1. The Morgan fingerprint density at radius 1 is 1.28 bits per heavy atom. The monoisotopic (exact) mass is 343 g/mol. The minimum atomic E-state index is -0.412. The molecule has 8 nitrogen and oxygen atoms in total. The van der Waals surface area contributed by atoms with Crippen LogP contribution in [0.4, 0.5) is 4.79 Å². The van der Waals surface area contributed by atoms with E-state index in [1.807, 2.05) is 24.3 Å². The molecule has 132 valence electrons. The molecule has 0 radical (unpaired) electrons. The van der Waals surface area contributed by atoms with E-state index in [9.17, 15) is 9.59 Å². The van der Waals surface area contributed by atoms with Crippen LogP contribution >= 0.6 is 0 Å². The number of carbonyl (C=O) groups excluding carboxylic acids is 2. The number of hydrogen-bond donors (Lipinski definition) is 1. The molecule has 1 aromatic heterocycles. The van der Waals surface area contributed by atoms with Crippen LogP contribution in [-0.2, 0) is 17.8 Å². The van der Waals surface area contributed by atoms with E-state index in [1.54, 1.807) is 11.8 Å². The van der Waals surface area contributed by atoms with Gasteiger partial charge in [-0.3, -0.25) is 9.69 Å². The zero-order chi connectivity index (χ0) is 18.0. The third-order valence-corrected chi connectivity index (χ3v) is 3.86. The standard InChI is InChI=1S/C17H21N5O3/c1-11(2)8-14-19-15(10-21-16(23)9-18-17(21)24)22(20-14)12-6-4-5-7-13(12)25-3/h4-7,11H,8-10H2,1-3H3,(H,18,24). The van der Waals surface area contributed by atoms with Crippen molar-refractivity contribution in [2.75, 3.05) is 13.7 Å². The zero-order valence-corrected chi connectivity index (χ0v) is 14.5.